The Morgan fingerprint density at radius 2 is 1.83 bits per heavy atom. The van der Waals surface area contributed by atoms with Gasteiger partial charge in [-0.2, -0.15) is 4.99 Å². The Balaban J connectivity index is 1.63. The summed E-state index contributed by atoms with van der Waals surface area (Å²) < 4.78 is 17.2. The van der Waals surface area contributed by atoms with Gasteiger partial charge < -0.3 is 19.9 Å². The Morgan fingerprint density at radius 3 is 2.53 bits per heavy atom. The lowest BCUT2D eigenvalue weighted by atomic mass is 10.2. The molecule has 0 unspecified atom stereocenters. The second-order valence-corrected chi connectivity index (χ2v) is 7.99. The first-order chi connectivity index (χ1) is 14.5. The SMILES string of the molecule is CCOc1cc(/C=C2\SC(N)=NC2=O)cc(Cl)c1OCCCOc1ccccc1Cl. The summed E-state index contributed by atoms with van der Waals surface area (Å²) in [5.74, 6) is 1.20. The van der Waals surface area contributed by atoms with E-state index in [2.05, 4.69) is 4.99 Å². The molecular weight excluding hydrogens is 447 g/mol. The molecule has 0 atom stereocenters. The van der Waals surface area contributed by atoms with Crippen LogP contribution >= 0.6 is 35.0 Å². The maximum absolute atomic E-state index is 11.8. The first-order valence-corrected chi connectivity index (χ1v) is 10.8. The monoisotopic (exact) mass is 466 g/mol. The molecule has 1 aliphatic rings. The zero-order valence-corrected chi connectivity index (χ0v) is 18.5. The van der Waals surface area contributed by atoms with Crippen LogP contribution in [0.3, 0.4) is 0 Å². The second-order valence-electron chi connectivity index (χ2n) is 6.11. The largest absolute Gasteiger partial charge is 0.492 e. The third-order valence-electron chi connectivity index (χ3n) is 3.90. The molecule has 6 nitrogen and oxygen atoms in total. The summed E-state index contributed by atoms with van der Waals surface area (Å²) in [5, 5.41) is 1.17. The van der Waals surface area contributed by atoms with Crippen molar-refractivity contribution < 1.29 is 19.0 Å². The van der Waals surface area contributed by atoms with Crippen molar-refractivity contribution >= 4 is 52.1 Å². The average Bonchev–Trinajstić information content (AvgIpc) is 3.01. The second kappa shape index (κ2) is 10.6. The minimum Gasteiger partial charge on any atom is -0.492 e. The third kappa shape index (κ3) is 5.84. The van der Waals surface area contributed by atoms with Crippen molar-refractivity contribution in [1.82, 2.24) is 0 Å². The van der Waals surface area contributed by atoms with E-state index in [0.717, 1.165) is 11.8 Å². The van der Waals surface area contributed by atoms with Gasteiger partial charge in [0.1, 0.15) is 5.75 Å². The van der Waals surface area contributed by atoms with Crippen LogP contribution < -0.4 is 19.9 Å². The van der Waals surface area contributed by atoms with E-state index < -0.39 is 0 Å². The van der Waals surface area contributed by atoms with E-state index >= 15 is 0 Å². The lowest BCUT2D eigenvalue weighted by Crippen LogP contribution is -2.07. The number of nitrogens with two attached hydrogens (primary N) is 1. The van der Waals surface area contributed by atoms with Crippen LogP contribution in [0.4, 0.5) is 0 Å². The summed E-state index contributed by atoms with van der Waals surface area (Å²) in [6.45, 7) is 3.12. The maximum atomic E-state index is 11.8. The van der Waals surface area contributed by atoms with E-state index in [-0.39, 0.29) is 11.1 Å². The number of para-hydroxylation sites is 1. The number of aliphatic imine (C=N–C) groups is 1. The van der Waals surface area contributed by atoms with Crippen LogP contribution in [0.5, 0.6) is 17.2 Å². The van der Waals surface area contributed by atoms with E-state index in [9.17, 15) is 4.79 Å². The van der Waals surface area contributed by atoms with Gasteiger partial charge in [0.05, 0.1) is 34.8 Å². The highest BCUT2D eigenvalue weighted by Crippen LogP contribution is 2.38. The fraction of sp³-hybridized carbons (Fsp3) is 0.238. The Bertz CT molecular complexity index is 995. The molecule has 0 spiro atoms. The molecule has 0 aromatic heterocycles. The molecule has 2 N–H and O–H groups in total. The Hall–Kier alpha value is -2.35. The van der Waals surface area contributed by atoms with Gasteiger partial charge >= 0.3 is 0 Å². The van der Waals surface area contributed by atoms with Crippen LogP contribution in [0.15, 0.2) is 46.3 Å². The molecular formula is C21H20Cl2N2O4S. The van der Waals surface area contributed by atoms with Crippen molar-refractivity contribution in [2.75, 3.05) is 19.8 Å². The van der Waals surface area contributed by atoms with E-state index in [0.29, 0.717) is 64.0 Å². The highest BCUT2D eigenvalue weighted by atomic mass is 35.5. The quantitative estimate of drug-likeness (QED) is 0.405. The van der Waals surface area contributed by atoms with Gasteiger partial charge in [-0.25, -0.2) is 0 Å². The lowest BCUT2D eigenvalue weighted by molar-refractivity contribution is -0.113. The number of ether oxygens (including phenoxy) is 3. The predicted molar refractivity (Wildman–Crippen MR) is 122 cm³/mol. The molecule has 2 aromatic rings. The highest BCUT2D eigenvalue weighted by Gasteiger charge is 2.20. The number of benzene rings is 2. The summed E-state index contributed by atoms with van der Waals surface area (Å²) in [5.41, 5.74) is 6.28. The lowest BCUT2D eigenvalue weighted by Gasteiger charge is -2.15. The smallest absolute Gasteiger partial charge is 0.286 e. The Kier molecular flexibility index (Phi) is 7.90. The van der Waals surface area contributed by atoms with Crippen LogP contribution in [0.2, 0.25) is 10.0 Å². The van der Waals surface area contributed by atoms with Crippen molar-refractivity contribution in [2.45, 2.75) is 13.3 Å². The number of amides is 1. The molecule has 0 saturated carbocycles. The van der Waals surface area contributed by atoms with Gasteiger partial charge in [-0.1, -0.05) is 35.3 Å². The zero-order valence-electron chi connectivity index (χ0n) is 16.2. The van der Waals surface area contributed by atoms with Gasteiger partial charge in [-0.15, -0.1) is 0 Å². The van der Waals surface area contributed by atoms with Gasteiger partial charge in [0, 0.05) is 6.42 Å². The maximum Gasteiger partial charge on any atom is 0.286 e. The number of hydrogen-bond donors (Lipinski definition) is 1. The van der Waals surface area contributed by atoms with Gasteiger partial charge in [0.15, 0.2) is 16.7 Å². The van der Waals surface area contributed by atoms with Crippen molar-refractivity contribution in [3.8, 4) is 17.2 Å². The highest BCUT2D eigenvalue weighted by molar-refractivity contribution is 8.18. The molecule has 1 heterocycles. The summed E-state index contributed by atoms with van der Waals surface area (Å²) >= 11 is 13.6. The number of nitrogens with zero attached hydrogens (tertiary/aromatic N) is 1. The van der Waals surface area contributed by atoms with Crippen LogP contribution in [-0.4, -0.2) is 30.9 Å². The van der Waals surface area contributed by atoms with E-state index in [1.54, 1.807) is 24.3 Å². The topological polar surface area (TPSA) is 83.1 Å². The molecule has 2 aromatic carbocycles. The summed E-state index contributed by atoms with van der Waals surface area (Å²) in [4.78, 5) is 15.9. The molecule has 0 bridgehead atoms. The molecule has 0 aliphatic carbocycles. The number of hydrogen-bond acceptors (Lipinski definition) is 6. The van der Waals surface area contributed by atoms with Crippen LogP contribution in [0, 0.1) is 0 Å². The molecule has 3 rings (SSSR count). The average molecular weight is 467 g/mol. The number of thioether (sulfide) groups is 1. The van der Waals surface area contributed by atoms with Gasteiger partial charge in [0.25, 0.3) is 5.91 Å². The van der Waals surface area contributed by atoms with Crippen LogP contribution in [0.25, 0.3) is 6.08 Å². The number of carbonyl (C=O) groups is 1. The summed E-state index contributed by atoms with van der Waals surface area (Å²) in [7, 11) is 0. The molecule has 30 heavy (non-hydrogen) atoms. The van der Waals surface area contributed by atoms with Crippen molar-refractivity contribution in [1.29, 1.82) is 0 Å². The Labute approximate surface area is 189 Å². The minimum atomic E-state index is -0.370. The van der Waals surface area contributed by atoms with Crippen LogP contribution in [0.1, 0.15) is 18.9 Å². The van der Waals surface area contributed by atoms with E-state index in [4.69, 9.17) is 43.1 Å². The van der Waals surface area contributed by atoms with Crippen LogP contribution in [-0.2, 0) is 4.79 Å². The number of amidine groups is 1. The number of rotatable bonds is 9. The molecule has 0 radical (unpaired) electrons. The molecule has 1 amide bonds. The zero-order chi connectivity index (χ0) is 21.5. The van der Waals surface area contributed by atoms with E-state index in [1.807, 2.05) is 25.1 Å². The number of carbonyl (C=O) groups excluding carboxylic acids is 1. The van der Waals surface area contributed by atoms with Crippen molar-refractivity contribution in [3.05, 3.63) is 56.9 Å². The molecule has 0 fully saturated rings. The molecule has 1 aliphatic heterocycles. The molecule has 9 heteroatoms. The summed E-state index contributed by atoms with van der Waals surface area (Å²) in [6, 6.07) is 10.8. The van der Waals surface area contributed by atoms with Crippen molar-refractivity contribution in [2.24, 2.45) is 10.7 Å². The third-order valence-corrected chi connectivity index (χ3v) is 5.30. The van der Waals surface area contributed by atoms with E-state index in [1.165, 1.54) is 0 Å². The Morgan fingerprint density at radius 1 is 1.07 bits per heavy atom. The predicted octanol–water partition coefficient (Wildman–Crippen LogP) is 5.17. The molecule has 158 valence electrons. The van der Waals surface area contributed by atoms with Gasteiger partial charge in [0.2, 0.25) is 0 Å². The summed E-state index contributed by atoms with van der Waals surface area (Å²) in [6.07, 6.45) is 2.30. The van der Waals surface area contributed by atoms with Gasteiger partial charge in [-0.3, -0.25) is 4.79 Å². The van der Waals surface area contributed by atoms with Gasteiger partial charge in [-0.05, 0) is 54.6 Å². The minimum absolute atomic E-state index is 0.223. The first-order valence-electron chi connectivity index (χ1n) is 9.22. The fourth-order valence-electron chi connectivity index (χ4n) is 2.63. The normalized spacial score (nSPS) is 14.7. The van der Waals surface area contributed by atoms with Crippen molar-refractivity contribution in [3.63, 3.8) is 0 Å². The molecule has 0 saturated heterocycles. The standard InChI is InChI=1S/C21H20Cl2N2O4S/c1-2-27-17-11-13(12-18-20(26)25-21(24)30-18)10-15(23)19(17)29-9-5-8-28-16-7-4-3-6-14(16)22/h3-4,6-7,10-12H,2,5,8-9H2,1H3,(H2,24,25,26)/b18-12-. The first kappa shape index (κ1) is 22.3. The number of halogens is 2. The fourth-order valence-corrected chi connectivity index (χ4v) is 3.77.